The molecule has 0 spiro atoms. The third-order valence-electron chi connectivity index (χ3n) is 4.43. The van der Waals surface area contributed by atoms with E-state index in [1.165, 1.54) is 33.4 Å². The number of benzene rings is 2. The van der Waals surface area contributed by atoms with Gasteiger partial charge in [0.05, 0.1) is 0 Å². The molecule has 0 nitrogen and oxygen atoms in total. The molecule has 0 radical (unpaired) electrons. The van der Waals surface area contributed by atoms with Gasteiger partial charge in [0.2, 0.25) is 0 Å². The van der Waals surface area contributed by atoms with Gasteiger partial charge in [0.25, 0.3) is 0 Å². The lowest BCUT2D eigenvalue weighted by molar-refractivity contribution is 0.515. The van der Waals surface area contributed by atoms with E-state index in [4.69, 9.17) is 0 Å². The first kappa shape index (κ1) is 15.6. The standard InChI is InChI=1S/C23H24/c1-17-20(15-16-21(17)23(2,3)4)22(18-11-7-5-8-12-18)19-13-9-6-10-14-19/h5-16H,1-4H3. The molecular weight excluding hydrogens is 276 g/mol. The molecule has 0 heteroatoms. The number of rotatable bonds is 2. The highest BCUT2D eigenvalue weighted by Gasteiger charge is 2.24. The Morgan fingerprint density at radius 2 is 1.17 bits per heavy atom. The molecule has 0 heterocycles. The highest BCUT2D eigenvalue weighted by Crippen LogP contribution is 2.41. The van der Waals surface area contributed by atoms with Crippen LogP contribution >= 0.6 is 0 Å². The molecule has 3 rings (SSSR count). The van der Waals surface area contributed by atoms with Gasteiger partial charge in [-0.2, -0.15) is 0 Å². The minimum absolute atomic E-state index is 0.167. The molecule has 1 aliphatic rings. The van der Waals surface area contributed by atoms with E-state index in [0.717, 1.165) is 0 Å². The molecule has 0 aromatic heterocycles. The summed E-state index contributed by atoms with van der Waals surface area (Å²) in [6, 6.07) is 21.4. The molecule has 116 valence electrons. The summed E-state index contributed by atoms with van der Waals surface area (Å²) in [6.45, 7) is 9.10. The van der Waals surface area contributed by atoms with Crippen LogP contribution in [0.1, 0.15) is 38.8 Å². The molecule has 2 aromatic carbocycles. The Morgan fingerprint density at radius 1 is 0.696 bits per heavy atom. The van der Waals surface area contributed by atoms with E-state index in [1.807, 2.05) is 0 Å². The molecule has 0 amide bonds. The first-order chi connectivity index (χ1) is 11.0. The third kappa shape index (κ3) is 3.07. The molecule has 0 atom stereocenters. The van der Waals surface area contributed by atoms with Gasteiger partial charge in [-0.25, -0.2) is 0 Å². The molecule has 0 N–H and O–H groups in total. The van der Waals surface area contributed by atoms with Crippen molar-refractivity contribution in [2.24, 2.45) is 5.41 Å². The Bertz CT molecular complexity index is 737. The lowest BCUT2D eigenvalue weighted by Gasteiger charge is -2.21. The van der Waals surface area contributed by atoms with Gasteiger partial charge in [0, 0.05) is 0 Å². The summed E-state index contributed by atoms with van der Waals surface area (Å²) < 4.78 is 0. The second-order valence-electron chi connectivity index (χ2n) is 7.14. The van der Waals surface area contributed by atoms with Crippen molar-refractivity contribution >= 4 is 5.57 Å². The predicted molar refractivity (Wildman–Crippen MR) is 100 cm³/mol. The van der Waals surface area contributed by atoms with E-state index < -0.39 is 0 Å². The van der Waals surface area contributed by atoms with Crippen LogP contribution in [0, 0.1) is 5.41 Å². The lowest BCUT2D eigenvalue weighted by atomic mass is 9.83. The van der Waals surface area contributed by atoms with Crippen LogP contribution in [0.25, 0.3) is 5.57 Å². The molecule has 0 bridgehead atoms. The zero-order chi connectivity index (χ0) is 16.4. The second-order valence-corrected chi connectivity index (χ2v) is 7.14. The van der Waals surface area contributed by atoms with Crippen molar-refractivity contribution in [3.8, 4) is 0 Å². The van der Waals surface area contributed by atoms with E-state index in [2.05, 4.69) is 101 Å². The average Bonchev–Trinajstić information content (AvgIpc) is 2.92. The van der Waals surface area contributed by atoms with E-state index in [9.17, 15) is 0 Å². The fourth-order valence-corrected chi connectivity index (χ4v) is 3.33. The number of hydrogen-bond donors (Lipinski definition) is 0. The Balaban J connectivity index is 2.26. The zero-order valence-corrected chi connectivity index (χ0v) is 14.4. The summed E-state index contributed by atoms with van der Waals surface area (Å²) in [6.07, 6.45) is 4.57. The summed E-state index contributed by atoms with van der Waals surface area (Å²) in [4.78, 5) is 0. The van der Waals surface area contributed by atoms with Gasteiger partial charge < -0.3 is 0 Å². The Kier molecular flexibility index (Phi) is 4.09. The van der Waals surface area contributed by atoms with Crippen LogP contribution in [0.5, 0.6) is 0 Å². The van der Waals surface area contributed by atoms with E-state index >= 15 is 0 Å². The molecule has 0 fully saturated rings. The topological polar surface area (TPSA) is 0 Å². The Hall–Kier alpha value is -2.34. The average molecular weight is 300 g/mol. The molecule has 0 saturated carbocycles. The van der Waals surface area contributed by atoms with Crippen molar-refractivity contribution in [3.05, 3.63) is 101 Å². The monoisotopic (exact) mass is 300 g/mol. The van der Waals surface area contributed by atoms with Gasteiger partial charge in [-0.3, -0.25) is 0 Å². The van der Waals surface area contributed by atoms with Crippen LogP contribution in [0.3, 0.4) is 0 Å². The van der Waals surface area contributed by atoms with Crippen LogP contribution < -0.4 is 0 Å². The Labute approximate surface area is 139 Å². The fourth-order valence-electron chi connectivity index (χ4n) is 3.33. The zero-order valence-electron chi connectivity index (χ0n) is 14.4. The largest absolute Gasteiger partial charge is 0.0622 e. The lowest BCUT2D eigenvalue weighted by Crippen LogP contribution is -2.08. The van der Waals surface area contributed by atoms with Crippen molar-refractivity contribution in [1.29, 1.82) is 0 Å². The molecule has 2 aromatic rings. The second kappa shape index (κ2) is 6.04. The molecule has 23 heavy (non-hydrogen) atoms. The first-order valence-corrected chi connectivity index (χ1v) is 8.23. The third-order valence-corrected chi connectivity index (χ3v) is 4.43. The van der Waals surface area contributed by atoms with Crippen molar-refractivity contribution in [1.82, 2.24) is 0 Å². The summed E-state index contributed by atoms with van der Waals surface area (Å²) in [7, 11) is 0. The highest BCUT2D eigenvalue weighted by atomic mass is 14.3. The smallest absolute Gasteiger partial charge is 0.00361 e. The van der Waals surface area contributed by atoms with Crippen molar-refractivity contribution in [2.45, 2.75) is 27.7 Å². The maximum Gasteiger partial charge on any atom is -0.00361 e. The van der Waals surface area contributed by atoms with E-state index in [-0.39, 0.29) is 5.41 Å². The van der Waals surface area contributed by atoms with Gasteiger partial charge >= 0.3 is 0 Å². The van der Waals surface area contributed by atoms with Gasteiger partial charge in [-0.05, 0) is 45.8 Å². The molecular formula is C23H24. The summed E-state index contributed by atoms with van der Waals surface area (Å²) in [5.74, 6) is 0. The van der Waals surface area contributed by atoms with Crippen LogP contribution in [0.4, 0.5) is 0 Å². The van der Waals surface area contributed by atoms with Gasteiger partial charge in [0.15, 0.2) is 0 Å². The van der Waals surface area contributed by atoms with Crippen LogP contribution in [-0.2, 0) is 0 Å². The number of allylic oxidation sites excluding steroid dienone is 5. The normalized spacial score (nSPS) is 14.5. The minimum atomic E-state index is 0.167. The minimum Gasteiger partial charge on any atom is -0.0622 e. The molecule has 0 aliphatic heterocycles. The Morgan fingerprint density at radius 3 is 1.57 bits per heavy atom. The van der Waals surface area contributed by atoms with Crippen molar-refractivity contribution in [3.63, 3.8) is 0 Å². The van der Waals surface area contributed by atoms with Crippen molar-refractivity contribution < 1.29 is 0 Å². The quantitative estimate of drug-likeness (QED) is 0.600. The van der Waals surface area contributed by atoms with Crippen LogP contribution in [0.2, 0.25) is 0 Å². The molecule has 0 saturated heterocycles. The first-order valence-electron chi connectivity index (χ1n) is 8.23. The maximum absolute atomic E-state index is 2.29. The van der Waals surface area contributed by atoms with Crippen molar-refractivity contribution in [2.75, 3.05) is 0 Å². The molecule has 1 aliphatic carbocycles. The molecule has 0 unspecified atom stereocenters. The van der Waals surface area contributed by atoms with Crippen LogP contribution in [0.15, 0.2) is 89.5 Å². The SMILES string of the molecule is CC1=C(C(C)(C)C)C=CC1=C(c1ccccc1)c1ccccc1. The van der Waals surface area contributed by atoms with E-state index in [1.54, 1.807) is 0 Å². The number of hydrogen-bond acceptors (Lipinski definition) is 0. The van der Waals surface area contributed by atoms with Gasteiger partial charge in [0.1, 0.15) is 0 Å². The van der Waals surface area contributed by atoms with Gasteiger partial charge in [-0.15, -0.1) is 0 Å². The maximum atomic E-state index is 2.29. The summed E-state index contributed by atoms with van der Waals surface area (Å²) >= 11 is 0. The fraction of sp³-hybridized carbons (Fsp3) is 0.217. The van der Waals surface area contributed by atoms with Crippen LogP contribution in [-0.4, -0.2) is 0 Å². The summed E-state index contributed by atoms with van der Waals surface area (Å²) in [5.41, 5.74) is 8.19. The van der Waals surface area contributed by atoms with Gasteiger partial charge in [-0.1, -0.05) is 93.6 Å². The predicted octanol–water partition coefficient (Wildman–Crippen LogP) is 6.42. The highest BCUT2D eigenvalue weighted by molar-refractivity contribution is 5.87. The van der Waals surface area contributed by atoms with E-state index in [0.29, 0.717) is 0 Å². The summed E-state index contributed by atoms with van der Waals surface area (Å²) in [5, 5.41) is 0.